The molecule has 3 atom stereocenters. The van der Waals surface area contributed by atoms with E-state index in [-0.39, 0.29) is 23.0 Å². The lowest BCUT2D eigenvalue weighted by Crippen LogP contribution is -2.45. The molecule has 0 amide bonds. The summed E-state index contributed by atoms with van der Waals surface area (Å²) in [6.45, 7) is 8.12. The molecule has 2 nitrogen and oxygen atoms in total. The van der Waals surface area contributed by atoms with E-state index in [2.05, 4.69) is 39.0 Å². The summed E-state index contributed by atoms with van der Waals surface area (Å²) in [4.78, 5) is 12.5. The minimum Gasteiger partial charge on any atom is -0.482 e. The van der Waals surface area contributed by atoms with Crippen molar-refractivity contribution in [3.8, 4) is 0 Å². The van der Waals surface area contributed by atoms with Crippen LogP contribution in [0.3, 0.4) is 0 Å². The van der Waals surface area contributed by atoms with Crippen molar-refractivity contribution in [2.75, 3.05) is 0 Å². The van der Waals surface area contributed by atoms with E-state index in [0.29, 0.717) is 0 Å². The lowest BCUT2D eigenvalue weighted by atomic mass is 9.78. The first-order chi connectivity index (χ1) is 9.85. The van der Waals surface area contributed by atoms with Crippen molar-refractivity contribution in [3.63, 3.8) is 0 Å². The highest BCUT2D eigenvalue weighted by Crippen LogP contribution is 2.56. The first-order valence-electron chi connectivity index (χ1n) is 7.83. The normalized spacial score (nSPS) is 31.5. The summed E-state index contributed by atoms with van der Waals surface area (Å²) in [5.74, 6) is 1.52. The minimum atomic E-state index is -0.677. The van der Waals surface area contributed by atoms with E-state index in [1.807, 2.05) is 18.2 Å². The molecule has 21 heavy (non-hydrogen) atoms. The summed E-state index contributed by atoms with van der Waals surface area (Å²) >= 11 is 0. The molecule has 3 rings (SSSR count). The van der Waals surface area contributed by atoms with Crippen LogP contribution in [-0.2, 0) is 9.53 Å². The molecule has 0 aromatic heterocycles. The summed E-state index contributed by atoms with van der Waals surface area (Å²) in [5.41, 5.74) is 0.497. The second kappa shape index (κ2) is 4.72. The molecule has 0 spiro atoms. The lowest BCUT2D eigenvalue weighted by molar-refractivity contribution is -0.140. The summed E-state index contributed by atoms with van der Waals surface area (Å²) in [6.07, 6.45) is 4.26. The standard InChI is InChI=1S/C19H24O2/c1-13(20)19-15(12-17(21-19)18(2,3)4)10-11-16(19)14-8-6-5-7-9-14/h5-9,12,15-16H,10-11H2,1-4H3/t15-,16-,19-/m1/s1. The Kier molecular flexibility index (Phi) is 3.23. The zero-order valence-electron chi connectivity index (χ0n) is 13.3. The van der Waals surface area contributed by atoms with Crippen LogP contribution >= 0.6 is 0 Å². The maximum absolute atomic E-state index is 12.5. The highest BCUT2D eigenvalue weighted by Gasteiger charge is 2.59. The first kappa shape index (κ1) is 14.4. The molecule has 0 saturated heterocycles. The zero-order valence-corrected chi connectivity index (χ0v) is 13.3. The number of allylic oxidation sites excluding steroid dienone is 1. The molecule has 2 heteroatoms. The van der Waals surface area contributed by atoms with Gasteiger partial charge in [-0.2, -0.15) is 0 Å². The van der Waals surface area contributed by atoms with Gasteiger partial charge in [-0.05, 0) is 31.4 Å². The Hall–Kier alpha value is -1.57. The number of rotatable bonds is 2. The van der Waals surface area contributed by atoms with Crippen molar-refractivity contribution in [2.45, 2.75) is 52.1 Å². The van der Waals surface area contributed by atoms with E-state index in [4.69, 9.17) is 4.74 Å². The van der Waals surface area contributed by atoms with Gasteiger partial charge < -0.3 is 4.74 Å². The summed E-state index contributed by atoms with van der Waals surface area (Å²) in [5, 5.41) is 0. The summed E-state index contributed by atoms with van der Waals surface area (Å²) in [6, 6.07) is 10.4. The molecule has 2 aliphatic rings. The molecule has 0 bridgehead atoms. The third kappa shape index (κ3) is 2.12. The third-order valence-electron chi connectivity index (χ3n) is 4.96. The van der Waals surface area contributed by atoms with Gasteiger partial charge in [0, 0.05) is 17.3 Å². The Bertz CT molecular complexity index is 579. The van der Waals surface area contributed by atoms with Gasteiger partial charge in [-0.1, -0.05) is 51.1 Å². The van der Waals surface area contributed by atoms with Crippen molar-refractivity contribution < 1.29 is 9.53 Å². The number of hydrogen-bond donors (Lipinski definition) is 0. The average molecular weight is 284 g/mol. The zero-order chi connectivity index (χ0) is 15.3. The quantitative estimate of drug-likeness (QED) is 0.801. The third-order valence-corrected chi connectivity index (χ3v) is 4.96. The molecule has 1 aliphatic carbocycles. The number of benzene rings is 1. The predicted molar refractivity (Wildman–Crippen MR) is 83.9 cm³/mol. The van der Waals surface area contributed by atoms with Gasteiger partial charge in [-0.25, -0.2) is 0 Å². The maximum Gasteiger partial charge on any atom is 0.179 e. The molecule has 0 N–H and O–H groups in total. The Morgan fingerprint density at radius 1 is 1.19 bits per heavy atom. The Morgan fingerprint density at radius 3 is 2.43 bits per heavy atom. The van der Waals surface area contributed by atoms with Gasteiger partial charge in [0.1, 0.15) is 0 Å². The molecular formula is C19H24O2. The van der Waals surface area contributed by atoms with E-state index >= 15 is 0 Å². The molecular weight excluding hydrogens is 260 g/mol. The fourth-order valence-electron chi connectivity index (χ4n) is 3.87. The molecule has 1 aromatic rings. The van der Waals surface area contributed by atoms with Crippen LogP contribution in [0.1, 0.15) is 52.0 Å². The van der Waals surface area contributed by atoms with Crippen molar-refractivity contribution >= 4 is 5.78 Å². The average Bonchev–Trinajstić information content (AvgIpc) is 2.95. The number of ether oxygens (including phenoxy) is 1. The molecule has 0 unspecified atom stereocenters. The van der Waals surface area contributed by atoms with Crippen LogP contribution in [0.25, 0.3) is 0 Å². The largest absolute Gasteiger partial charge is 0.482 e. The Morgan fingerprint density at radius 2 is 1.86 bits per heavy atom. The Balaban J connectivity index is 2.03. The van der Waals surface area contributed by atoms with E-state index in [1.165, 1.54) is 5.56 Å². The first-order valence-corrected chi connectivity index (χ1v) is 7.83. The monoisotopic (exact) mass is 284 g/mol. The lowest BCUT2D eigenvalue weighted by Gasteiger charge is -2.36. The number of fused-ring (bicyclic) bond motifs is 1. The van der Waals surface area contributed by atoms with Crippen LogP contribution < -0.4 is 0 Å². The van der Waals surface area contributed by atoms with Crippen molar-refractivity contribution in [1.29, 1.82) is 0 Å². The molecule has 1 aliphatic heterocycles. The molecule has 1 heterocycles. The molecule has 112 valence electrons. The summed E-state index contributed by atoms with van der Waals surface area (Å²) < 4.78 is 6.38. The van der Waals surface area contributed by atoms with Crippen LogP contribution in [0.15, 0.2) is 42.2 Å². The van der Waals surface area contributed by atoms with E-state index in [0.717, 1.165) is 18.6 Å². The number of hydrogen-bond acceptors (Lipinski definition) is 2. The van der Waals surface area contributed by atoms with Gasteiger partial charge >= 0.3 is 0 Å². The van der Waals surface area contributed by atoms with Crippen molar-refractivity contribution in [3.05, 3.63) is 47.7 Å². The topological polar surface area (TPSA) is 26.3 Å². The number of Topliss-reactive ketones (excluding diaryl/α,β-unsaturated/α-hetero) is 1. The van der Waals surface area contributed by atoms with Crippen LogP contribution in [0.5, 0.6) is 0 Å². The smallest absolute Gasteiger partial charge is 0.179 e. The van der Waals surface area contributed by atoms with Gasteiger partial charge in [0.05, 0.1) is 5.76 Å². The van der Waals surface area contributed by atoms with Gasteiger partial charge in [-0.15, -0.1) is 0 Å². The molecule has 1 fully saturated rings. The fraction of sp³-hybridized carbons (Fsp3) is 0.526. The number of carbonyl (C=O) groups excluding carboxylic acids is 1. The number of carbonyl (C=O) groups is 1. The van der Waals surface area contributed by atoms with Gasteiger partial charge in [0.15, 0.2) is 11.4 Å². The molecule has 0 radical (unpaired) electrons. The second-order valence-electron chi connectivity index (χ2n) is 7.38. The highest BCUT2D eigenvalue weighted by atomic mass is 16.5. The van der Waals surface area contributed by atoms with Gasteiger partial charge in [0.2, 0.25) is 0 Å². The van der Waals surface area contributed by atoms with E-state index < -0.39 is 5.60 Å². The number of ketones is 1. The van der Waals surface area contributed by atoms with Crippen LogP contribution in [-0.4, -0.2) is 11.4 Å². The maximum atomic E-state index is 12.5. The van der Waals surface area contributed by atoms with Gasteiger partial charge in [0.25, 0.3) is 0 Å². The van der Waals surface area contributed by atoms with E-state index in [1.54, 1.807) is 6.92 Å². The molecule has 1 aromatic carbocycles. The van der Waals surface area contributed by atoms with Crippen molar-refractivity contribution in [2.24, 2.45) is 11.3 Å². The van der Waals surface area contributed by atoms with E-state index in [9.17, 15) is 4.79 Å². The van der Waals surface area contributed by atoms with Gasteiger partial charge in [-0.3, -0.25) is 4.79 Å². The fourth-order valence-corrected chi connectivity index (χ4v) is 3.87. The summed E-state index contributed by atoms with van der Waals surface area (Å²) in [7, 11) is 0. The second-order valence-corrected chi connectivity index (χ2v) is 7.38. The highest BCUT2D eigenvalue weighted by molar-refractivity contribution is 5.88. The van der Waals surface area contributed by atoms with Crippen LogP contribution in [0.4, 0.5) is 0 Å². The Labute approximate surface area is 127 Å². The van der Waals surface area contributed by atoms with Crippen LogP contribution in [0.2, 0.25) is 0 Å². The minimum absolute atomic E-state index is 0.0476. The predicted octanol–water partition coefficient (Wildman–Crippen LogP) is 4.47. The van der Waals surface area contributed by atoms with Crippen molar-refractivity contribution in [1.82, 2.24) is 0 Å². The molecule has 1 saturated carbocycles. The SMILES string of the molecule is CC(=O)[C@@]12OC(C(C)(C)C)=C[C@H]1CC[C@@H]2c1ccccc1. The van der Waals surface area contributed by atoms with Crippen LogP contribution in [0, 0.1) is 11.3 Å².